The van der Waals surface area contributed by atoms with Crippen LogP contribution in [0.1, 0.15) is 29.3 Å². The van der Waals surface area contributed by atoms with Crippen LogP contribution in [0.5, 0.6) is 0 Å². The minimum absolute atomic E-state index is 0.198. The predicted octanol–water partition coefficient (Wildman–Crippen LogP) is 3.07. The summed E-state index contributed by atoms with van der Waals surface area (Å²) in [6.45, 7) is 1.86. The van der Waals surface area contributed by atoms with Crippen molar-refractivity contribution < 1.29 is 14.3 Å². The first-order chi connectivity index (χ1) is 8.69. The molecule has 0 unspecified atom stereocenters. The van der Waals surface area contributed by atoms with Crippen molar-refractivity contribution >= 4 is 29.4 Å². The fourth-order valence-electron chi connectivity index (χ4n) is 1.34. The summed E-state index contributed by atoms with van der Waals surface area (Å²) in [5, 5.41) is 0. The van der Waals surface area contributed by atoms with Crippen LogP contribution in [0.25, 0.3) is 6.08 Å². The fraction of sp³-hybridized carbons (Fsp3) is 0.286. The van der Waals surface area contributed by atoms with Crippen LogP contribution >= 0.6 is 11.6 Å². The van der Waals surface area contributed by atoms with Crippen LogP contribution in [-0.2, 0) is 9.53 Å². The Morgan fingerprint density at radius 1 is 1.28 bits per heavy atom. The molecule has 0 N–H and O–H groups in total. The summed E-state index contributed by atoms with van der Waals surface area (Å²) in [5.41, 5.74) is 1.29. The second kappa shape index (κ2) is 7.67. The number of carbonyl (C=O) groups is 2. The summed E-state index contributed by atoms with van der Waals surface area (Å²) >= 11 is 5.55. The van der Waals surface area contributed by atoms with Crippen molar-refractivity contribution in [2.24, 2.45) is 0 Å². The van der Waals surface area contributed by atoms with Gasteiger partial charge in [-0.2, -0.15) is 0 Å². The second-order valence-corrected chi connectivity index (χ2v) is 3.93. The quantitative estimate of drug-likeness (QED) is 0.344. The van der Waals surface area contributed by atoms with Crippen molar-refractivity contribution in [1.29, 1.82) is 0 Å². The van der Waals surface area contributed by atoms with Gasteiger partial charge in [0.15, 0.2) is 0 Å². The number of esters is 1. The van der Waals surface area contributed by atoms with E-state index in [0.717, 1.165) is 12.0 Å². The number of carbonyl (C=O) groups excluding carboxylic acids is 2. The largest absolute Gasteiger partial charge is 0.460 e. The molecule has 0 saturated heterocycles. The third-order valence-corrected chi connectivity index (χ3v) is 2.44. The molecule has 0 fully saturated rings. The minimum atomic E-state index is -0.817. The van der Waals surface area contributed by atoms with Gasteiger partial charge in [0.2, 0.25) is 0 Å². The Labute approximate surface area is 111 Å². The number of alkyl halides is 1. The van der Waals surface area contributed by atoms with Gasteiger partial charge >= 0.3 is 5.97 Å². The molecule has 0 aliphatic heterocycles. The van der Waals surface area contributed by atoms with Crippen LogP contribution in [0.15, 0.2) is 30.3 Å². The first kappa shape index (κ1) is 14.5. The summed E-state index contributed by atoms with van der Waals surface area (Å²) in [4.78, 5) is 22.8. The summed E-state index contributed by atoms with van der Waals surface area (Å²) < 4.78 is 4.65. The van der Waals surface area contributed by atoms with Crippen molar-refractivity contribution in [3.63, 3.8) is 0 Å². The maximum absolute atomic E-state index is 11.6. The van der Waals surface area contributed by atoms with Crippen molar-refractivity contribution in [3.8, 4) is 0 Å². The number of hydrogen-bond acceptors (Lipinski definition) is 3. The number of benzene rings is 1. The van der Waals surface area contributed by atoms with Crippen LogP contribution in [0, 0.1) is 0 Å². The average Bonchev–Trinajstić information content (AvgIpc) is 2.39. The van der Waals surface area contributed by atoms with Crippen LogP contribution in [-0.4, -0.2) is 24.2 Å². The molecule has 0 saturated carbocycles. The van der Waals surface area contributed by atoms with Crippen molar-refractivity contribution in [2.75, 3.05) is 12.5 Å². The highest BCUT2D eigenvalue weighted by atomic mass is 35.5. The Balaban J connectivity index is 2.70. The van der Waals surface area contributed by atoms with Gasteiger partial charge in [0.05, 0.1) is 6.61 Å². The zero-order valence-corrected chi connectivity index (χ0v) is 10.9. The Kier molecular flexibility index (Phi) is 6.15. The zero-order chi connectivity index (χ0) is 13.4. The van der Waals surface area contributed by atoms with Crippen molar-refractivity contribution in [3.05, 3.63) is 41.5 Å². The lowest BCUT2D eigenvalue weighted by atomic mass is 10.1. The number of ketones is 1. The lowest BCUT2D eigenvalue weighted by molar-refractivity contribution is -0.137. The van der Waals surface area contributed by atoms with Crippen molar-refractivity contribution in [2.45, 2.75) is 13.3 Å². The molecule has 0 amide bonds. The van der Waals surface area contributed by atoms with Gasteiger partial charge in [0.25, 0.3) is 5.78 Å². The van der Waals surface area contributed by atoms with Gasteiger partial charge < -0.3 is 4.74 Å². The molecule has 0 aliphatic carbocycles. The molecular formula is C14H15ClO3. The lowest BCUT2D eigenvalue weighted by Gasteiger charge is -2.01. The summed E-state index contributed by atoms with van der Waals surface area (Å²) in [6.07, 6.45) is 4.67. The Morgan fingerprint density at radius 3 is 2.50 bits per heavy atom. The van der Waals surface area contributed by atoms with E-state index >= 15 is 0 Å². The third-order valence-electron chi connectivity index (χ3n) is 2.22. The molecular weight excluding hydrogens is 252 g/mol. The average molecular weight is 267 g/mol. The summed E-state index contributed by atoms with van der Waals surface area (Å²) in [5.74, 6) is -0.855. The number of hydrogen-bond donors (Lipinski definition) is 0. The number of Topliss-reactive ketones (excluding diaryl/α,β-unsaturated/α-hetero) is 1. The van der Waals surface area contributed by atoms with Crippen LogP contribution in [0.2, 0.25) is 0 Å². The number of halogens is 1. The van der Waals surface area contributed by atoms with E-state index < -0.39 is 11.8 Å². The van der Waals surface area contributed by atoms with E-state index in [-0.39, 0.29) is 6.61 Å². The van der Waals surface area contributed by atoms with Gasteiger partial charge in [-0.1, -0.05) is 36.4 Å². The normalized spacial score (nSPS) is 10.6. The molecule has 1 rings (SSSR count). The molecule has 0 radical (unpaired) electrons. The van der Waals surface area contributed by atoms with E-state index in [1.54, 1.807) is 31.2 Å². The van der Waals surface area contributed by atoms with E-state index in [2.05, 4.69) is 4.74 Å². The fourth-order valence-corrected chi connectivity index (χ4v) is 1.47. The highest BCUT2D eigenvalue weighted by Crippen LogP contribution is 2.08. The van der Waals surface area contributed by atoms with Crippen LogP contribution < -0.4 is 0 Å². The topological polar surface area (TPSA) is 43.4 Å². The number of ether oxygens (including phenoxy) is 1. The molecule has 0 aromatic heterocycles. The standard InChI is InChI=1S/C14H15ClO3/c1-2-18-14(17)13(16)12-8-6-11(7-9-12)5-3-4-10-15/h3,5-9H,2,4,10H2,1H3. The molecule has 4 heteroatoms. The molecule has 0 spiro atoms. The Bertz CT molecular complexity index is 435. The van der Waals surface area contributed by atoms with E-state index in [1.807, 2.05) is 12.2 Å². The van der Waals surface area contributed by atoms with Gasteiger partial charge in [-0.05, 0) is 18.9 Å². The van der Waals surface area contributed by atoms with Gasteiger partial charge in [-0.15, -0.1) is 11.6 Å². The molecule has 96 valence electrons. The van der Waals surface area contributed by atoms with E-state index in [1.165, 1.54) is 0 Å². The monoisotopic (exact) mass is 266 g/mol. The molecule has 0 aliphatic rings. The predicted molar refractivity (Wildman–Crippen MR) is 71.8 cm³/mol. The maximum atomic E-state index is 11.6. The van der Waals surface area contributed by atoms with Crippen LogP contribution in [0.3, 0.4) is 0 Å². The SMILES string of the molecule is CCOC(=O)C(=O)c1ccc(C=CCCCl)cc1. The van der Waals surface area contributed by atoms with Crippen molar-refractivity contribution in [1.82, 2.24) is 0 Å². The second-order valence-electron chi connectivity index (χ2n) is 3.55. The molecule has 0 bridgehead atoms. The van der Waals surface area contributed by atoms with Crippen LogP contribution in [0.4, 0.5) is 0 Å². The lowest BCUT2D eigenvalue weighted by Crippen LogP contribution is -2.17. The minimum Gasteiger partial charge on any atom is -0.460 e. The molecule has 0 atom stereocenters. The number of allylic oxidation sites excluding steroid dienone is 1. The first-order valence-corrected chi connectivity index (χ1v) is 6.26. The zero-order valence-electron chi connectivity index (χ0n) is 10.2. The first-order valence-electron chi connectivity index (χ1n) is 5.73. The molecule has 0 heterocycles. The molecule has 3 nitrogen and oxygen atoms in total. The highest BCUT2D eigenvalue weighted by molar-refractivity contribution is 6.40. The summed E-state index contributed by atoms with van der Waals surface area (Å²) in [6, 6.07) is 6.77. The molecule has 1 aromatic carbocycles. The number of rotatable bonds is 6. The van der Waals surface area contributed by atoms with Gasteiger partial charge in [-0.25, -0.2) is 4.79 Å². The summed E-state index contributed by atoms with van der Waals surface area (Å²) in [7, 11) is 0. The van der Waals surface area contributed by atoms with Gasteiger partial charge in [-0.3, -0.25) is 4.79 Å². The molecule has 1 aromatic rings. The molecule has 18 heavy (non-hydrogen) atoms. The highest BCUT2D eigenvalue weighted by Gasteiger charge is 2.16. The Hall–Kier alpha value is -1.61. The Morgan fingerprint density at radius 2 is 1.94 bits per heavy atom. The van der Waals surface area contributed by atoms with E-state index in [4.69, 9.17) is 11.6 Å². The van der Waals surface area contributed by atoms with Gasteiger partial charge in [0, 0.05) is 11.4 Å². The smallest absolute Gasteiger partial charge is 0.379 e. The van der Waals surface area contributed by atoms with E-state index in [0.29, 0.717) is 11.4 Å². The maximum Gasteiger partial charge on any atom is 0.379 e. The van der Waals surface area contributed by atoms with E-state index in [9.17, 15) is 9.59 Å². The third kappa shape index (κ3) is 4.34. The van der Waals surface area contributed by atoms with Gasteiger partial charge in [0.1, 0.15) is 0 Å².